The Morgan fingerprint density at radius 3 is 2.44 bits per heavy atom. The third-order valence-corrected chi connectivity index (χ3v) is 6.54. The molecule has 4 rings (SSSR count). The molecule has 0 unspecified atom stereocenters. The zero-order valence-corrected chi connectivity index (χ0v) is 19.1. The molecule has 5 heteroatoms. The predicted octanol–water partition coefficient (Wildman–Crippen LogP) is 5.71. The summed E-state index contributed by atoms with van der Waals surface area (Å²) >= 11 is 0. The first kappa shape index (κ1) is 22.2. The molecule has 2 heterocycles. The molecule has 0 amide bonds. The summed E-state index contributed by atoms with van der Waals surface area (Å²) in [5, 5.41) is 3.32. The number of ketones is 1. The minimum absolute atomic E-state index is 0.234. The number of piperidine rings is 1. The van der Waals surface area contributed by atoms with E-state index in [9.17, 15) is 4.79 Å². The molecule has 166 valence electrons. The molecule has 2 aromatic carbocycles. The second kappa shape index (κ2) is 10.5. The van der Waals surface area contributed by atoms with Gasteiger partial charge in [-0.05, 0) is 81.9 Å². The number of hydrogen-bond donors (Lipinski definition) is 1. The second-order valence-corrected chi connectivity index (χ2v) is 8.80. The van der Waals surface area contributed by atoms with Gasteiger partial charge in [0.05, 0.1) is 0 Å². The van der Waals surface area contributed by atoms with Gasteiger partial charge in [-0.15, -0.1) is 0 Å². The maximum Gasteiger partial charge on any atom is 0.162 e. The van der Waals surface area contributed by atoms with Crippen molar-refractivity contribution in [1.82, 2.24) is 14.9 Å². The van der Waals surface area contributed by atoms with Crippen molar-refractivity contribution in [1.29, 1.82) is 0 Å². The fraction of sp³-hybridized carbons (Fsp3) is 0.370. The number of likely N-dealkylation sites (tertiary alicyclic amines) is 1. The van der Waals surface area contributed by atoms with Crippen LogP contribution in [-0.2, 0) is 6.54 Å². The minimum Gasteiger partial charge on any atom is -0.340 e. The van der Waals surface area contributed by atoms with Gasteiger partial charge in [-0.1, -0.05) is 30.3 Å². The molecule has 32 heavy (non-hydrogen) atoms. The van der Waals surface area contributed by atoms with Crippen LogP contribution in [0.3, 0.4) is 0 Å². The minimum atomic E-state index is 0.234. The van der Waals surface area contributed by atoms with Crippen molar-refractivity contribution >= 4 is 17.3 Å². The van der Waals surface area contributed by atoms with E-state index in [1.54, 1.807) is 6.33 Å². The van der Waals surface area contributed by atoms with Gasteiger partial charge in [-0.2, -0.15) is 0 Å². The Kier molecular flexibility index (Phi) is 7.28. The highest BCUT2D eigenvalue weighted by Crippen LogP contribution is 2.25. The van der Waals surface area contributed by atoms with E-state index < -0.39 is 0 Å². The average Bonchev–Trinajstić information content (AvgIpc) is 2.82. The van der Waals surface area contributed by atoms with Crippen LogP contribution in [-0.4, -0.2) is 33.7 Å². The van der Waals surface area contributed by atoms with Crippen molar-refractivity contribution in [3.8, 4) is 0 Å². The number of nitrogens with zero attached hydrogens (tertiary/aromatic N) is 3. The Labute approximate surface area is 190 Å². The molecule has 3 aromatic rings. The third-order valence-electron chi connectivity index (χ3n) is 6.54. The second-order valence-electron chi connectivity index (χ2n) is 8.80. The molecule has 0 spiro atoms. The summed E-state index contributed by atoms with van der Waals surface area (Å²) in [6.07, 6.45) is 5.54. The van der Waals surface area contributed by atoms with Gasteiger partial charge in [-0.3, -0.25) is 9.69 Å². The van der Waals surface area contributed by atoms with Crippen LogP contribution in [0.1, 0.15) is 52.9 Å². The van der Waals surface area contributed by atoms with Crippen molar-refractivity contribution in [2.45, 2.75) is 46.1 Å². The monoisotopic (exact) mass is 428 g/mol. The molecule has 1 saturated heterocycles. The van der Waals surface area contributed by atoms with Crippen molar-refractivity contribution in [2.75, 3.05) is 18.4 Å². The summed E-state index contributed by atoms with van der Waals surface area (Å²) in [4.78, 5) is 23.7. The van der Waals surface area contributed by atoms with E-state index in [0.717, 1.165) is 54.4 Å². The highest BCUT2D eigenvalue weighted by molar-refractivity contribution is 5.96. The van der Waals surface area contributed by atoms with Gasteiger partial charge in [-0.25, -0.2) is 9.97 Å². The number of aromatic nitrogens is 2. The van der Waals surface area contributed by atoms with Crippen molar-refractivity contribution in [2.24, 2.45) is 5.92 Å². The molecule has 0 atom stereocenters. The number of hydrogen-bond acceptors (Lipinski definition) is 5. The first-order chi connectivity index (χ1) is 15.6. The molecule has 1 aromatic heterocycles. The van der Waals surface area contributed by atoms with Crippen LogP contribution in [0.25, 0.3) is 0 Å². The van der Waals surface area contributed by atoms with Crippen LogP contribution in [0.4, 0.5) is 11.5 Å². The fourth-order valence-corrected chi connectivity index (χ4v) is 4.29. The fourth-order valence-electron chi connectivity index (χ4n) is 4.29. The molecular weight excluding hydrogens is 396 g/mol. The highest BCUT2D eigenvalue weighted by Gasteiger charge is 2.20. The maximum absolute atomic E-state index is 12.7. The van der Waals surface area contributed by atoms with Gasteiger partial charge in [0, 0.05) is 35.5 Å². The van der Waals surface area contributed by atoms with Gasteiger partial charge < -0.3 is 5.32 Å². The molecule has 0 bridgehead atoms. The zero-order chi connectivity index (χ0) is 22.3. The lowest BCUT2D eigenvalue weighted by molar-refractivity contribution is 0.0961. The quantitative estimate of drug-likeness (QED) is 0.466. The van der Waals surface area contributed by atoms with E-state index >= 15 is 0 Å². The van der Waals surface area contributed by atoms with Crippen LogP contribution in [0, 0.1) is 19.8 Å². The van der Waals surface area contributed by atoms with Crippen molar-refractivity contribution in [3.05, 3.63) is 83.3 Å². The largest absolute Gasteiger partial charge is 0.340 e. The Bertz CT molecular complexity index is 1030. The average molecular weight is 429 g/mol. The van der Waals surface area contributed by atoms with E-state index in [2.05, 4.69) is 50.5 Å². The molecule has 1 aliphatic heterocycles. The Morgan fingerprint density at radius 2 is 1.72 bits per heavy atom. The smallest absolute Gasteiger partial charge is 0.162 e. The Balaban J connectivity index is 1.23. The molecule has 1 aliphatic rings. The lowest BCUT2D eigenvalue weighted by atomic mass is 9.90. The van der Waals surface area contributed by atoms with E-state index in [1.165, 1.54) is 18.4 Å². The highest BCUT2D eigenvalue weighted by atomic mass is 16.1. The van der Waals surface area contributed by atoms with Crippen LogP contribution >= 0.6 is 0 Å². The number of rotatable bonds is 8. The van der Waals surface area contributed by atoms with E-state index in [4.69, 9.17) is 0 Å². The van der Waals surface area contributed by atoms with Crippen LogP contribution in [0.5, 0.6) is 0 Å². The standard InChI is InChI=1S/C27H32N4O/c1-20-21(2)28-19-29-27(20)30-25-11-9-24(10-12-25)26(32)13-8-22-14-16-31(17-15-22)18-23-6-4-3-5-7-23/h3-7,9-12,19,22H,8,13-18H2,1-2H3,(H,28,29,30). The summed E-state index contributed by atoms with van der Waals surface area (Å²) in [6.45, 7) is 7.24. The number of anilines is 2. The van der Waals surface area contributed by atoms with Crippen molar-refractivity contribution < 1.29 is 4.79 Å². The van der Waals surface area contributed by atoms with Crippen LogP contribution in [0.15, 0.2) is 60.9 Å². The van der Waals surface area contributed by atoms with Gasteiger partial charge in [0.2, 0.25) is 0 Å². The number of benzene rings is 2. The Morgan fingerprint density at radius 1 is 1.00 bits per heavy atom. The first-order valence-corrected chi connectivity index (χ1v) is 11.5. The van der Waals surface area contributed by atoms with Gasteiger partial charge >= 0.3 is 0 Å². The molecular formula is C27H32N4O. The normalized spacial score (nSPS) is 14.9. The van der Waals surface area contributed by atoms with E-state index in [-0.39, 0.29) is 5.78 Å². The summed E-state index contributed by atoms with van der Waals surface area (Å²) in [7, 11) is 0. The lowest BCUT2D eigenvalue weighted by Crippen LogP contribution is -2.33. The first-order valence-electron chi connectivity index (χ1n) is 11.5. The molecule has 5 nitrogen and oxygen atoms in total. The number of aryl methyl sites for hydroxylation is 1. The number of carbonyl (C=O) groups is 1. The van der Waals surface area contributed by atoms with Gasteiger partial charge in [0.1, 0.15) is 12.1 Å². The molecule has 0 radical (unpaired) electrons. The lowest BCUT2D eigenvalue weighted by Gasteiger charge is -2.32. The number of carbonyl (C=O) groups excluding carboxylic acids is 1. The molecule has 0 saturated carbocycles. The summed E-state index contributed by atoms with van der Waals surface area (Å²) in [6, 6.07) is 18.4. The SMILES string of the molecule is Cc1ncnc(Nc2ccc(C(=O)CCC3CCN(Cc4ccccc4)CC3)cc2)c1C. The number of nitrogens with one attached hydrogen (secondary N) is 1. The van der Waals surface area contributed by atoms with E-state index in [1.807, 2.05) is 38.1 Å². The predicted molar refractivity (Wildman–Crippen MR) is 129 cm³/mol. The topological polar surface area (TPSA) is 58.1 Å². The number of Topliss-reactive ketones (excluding diaryl/α,β-unsaturated/α-hetero) is 1. The third kappa shape index (κ3) is 5.80. The van der Waals surface area contributed by atoms with Crippen LogP contribution < -0.4 is 5.32 Å². The van der Waals surface area contributed by atoms with E-state index in [0.29, 0.717) is 12.3 Å². The van der Waals surface area contributed by atoms with Crippen molar-refractivity contribution in [3.63, 3.8) is 0 Å². The Hall–Kier alpha value is -3.05. The molecule has 0 aliphatic carbocycles. The maximum atomic E-state index is 12.7. The van der Waals surface area contributed by atoms with Crippen LogP contribution in [0.2, 0.25) is 0 Å². The van der Waals surface area contributed by atoms with Gasteiger partial charge in [0.25, 0.3) is 0 Å². The summed E-state index contributed by atoms with van der Waals surface area (Å²) in [5.74, 6) is 1.68. The molecule has 1 N–H and O–H groups in total. The summed E-state index contributed by atoms with van der Waals surface area (Å²) in [5.41, 5.74) is 5.08. The summed E-state index contributed by atoms with van der Waals surface area (Å²) < 4.78 is 0. The molecule has 1 fully saturated rings. The van der Waals surface area contributed by atoms with Gasteiger partial charge in [0.15, 0.2) is 5.78 Å². The zero-order valence-electron chi connectivity index (χ0n) is 19.1.